The number of nitrogens with one attached hydrogen (secondary N) is 1. The minimum absolute atomic E-state index is 0.00395. The predicted octanol–water partition coefficient (Wildman–Crippen LogP) is 4.19. The second-order valence-electron chi connectivity index (χ2n) is 6.39. The number of hydrogen-bond donors (Lipinski definition) is 1. The molecule has 2 aromatic rings. The standard InChI is InChI=1S/C22H24N2O2S/c1-16-7-8-18(13-17(16)2)21(25)9-10-22(26)24-11-12-27-15-20-6-4-3-5-19(20)14-23/h3-8,13H,9-12,15H2,1-2H3,(H,24,26). The van der Waals surface area contributed by atoms with Crippen LogP contribution in [0.1, 0.15) is 45.5 Å². The Balaban J connectivity index is 1.65. The molecule has 27 heavy (non-hydrogen) atoms. The Hall–Kier alpha value is -2.58. The number of thioether (sulfide) groups is 1. The number of Topliss-reactive ketones (excluding diaryl/α,β-unsaturated/α-hetero) is 1. The Labute approximate surface area is 165 Å². The maximum Gasteiger partial charge on any atom is 0.220 e. The Bertz CT molecular complexity index is 856. The molecule has 4 nitrogen and oxygen atoms in total. The lowest BCUT2D eigenvalue weighted by Gasteiger charge is -2.07. The van der Waals surface area contributed by atoms with E-state index in [-0.39, 0.29) is 24.5 Å². The largest absolute Gasteiger partial charge is 0.355 e. The van der Waals surface area contributed by atoms with Gasteiger partial charge < -0.3 is 5.32 Å². The molecule has 0 bridgehead atoms. The number of ketones is 1. The molecule has 1 amide bonds. The van der Waals surface area contributed by atoms with Gasteiger partial charge >= 0.3 is 0 Å². The minimum Gasteiger partial charge on any atom is -0.355 e. The van der Waals surface area contributed by atoms with Crippen molar-refractivity contribution in [2.75, 3.05) is 12.3 Å². The zero-order valence-corrected chi connectivity index (χ0v) is 16.6. The van der Waals surface area contributed by atoms with E-state index < -0.39 is 0 Å². The maximum absolute atomic E-state index is 12.2. The Morgan fingerprint density at radius 1 is 1.07 bits per heavy atom. The molecule has 0 aliphatic rings. The molecular formula is C22H24N2O2S. The molecule has 0 radical (unpaired) electrons. The van der Waals surface area contributed by atoms with Crippen LogP contribution in [0.3, 0.4) is 0 Å². The average molecular weight is 381 g/mol. The third kappa shape index (κ3) is 6.58. The van der Waals surface area contributed by atoms with E-state index in [9.17, 15) is 9.59 Å². The number of benzene rings is 2. The molecule has 1 N–H and O–H groups in total. The molecule has 0 saturated carbocycles. The van der Waals surface area contributed by atoms with Crippen molar-refractivity contribution in [3.63, 3.8) is 0 Å². The van der Waals surface area contributed by atoms with Crippen molar-refractivity contribution >= 4 is 23.5 Å². The molecule has 5 heteroatoms. The number of hydrogen-bond acceptors (Lipinski definition) is 4. The first-order valence-corrected chi connectivity index (χ1v) is 10.1. The van der Waals surface area contributed by atoms with E-state index in [4.69, 9.17) is 5.26 Å². The number of carbonyl (C=O) groups is 2. The van der Waals surface area contributed by atoms with Gasteiger partial charge in [0.05, 0.1) is 11.6 Å². The maximum atomic E-state index is 12.2. The zero-order chi connectivity index (χ0) is 19.6. The minimum atomic E-state index is -0.106. The highest BCUT2D eigenvalue weighted by molar-refractivity contribution is 7.98. The summed E-state index contributed by atoms with van der Waals surface area (Å²) in [5.74, 6) is 1.39. The van der Waals surface area contributed by atoms with E-state index in [1.54, 1.807) is 11.8 Å². The summed E-state index contributed by atoms with van der Waals surface area (Å²) in [4.78, 5) is 24.1. The molecule has 0 heterocycles. The van der Waals surface area contributed by atoms with Crippen molar-refractivity contribution in [3.05, 3.63) is 70.3 Å². The average Bonchev–Trinajstić information content (AvgIpc) is 2.68. The van der Waals surface area contributed by atoms with Crippen LogP contribution in [0.25, 0.3) is 0 Å². The van der Waals surface area contributed by atoms with E-state index in [0.29, 0.717) is 17.7 Å². The van der Waals surface area contributed by atoms with Gasteiger partial charge in [-0.3, -0.25) is 9.59 Å². The summed E-state index contributed by atoms with van der Waals surface area (Å²) in [5, 5.41) is 11.9. The van der Waals surface area contributed by atoms with Gasteiger partial charge in [-0.05, 0) is 42.7 Å². The van der Waals surface area contributed by atoms with Gasteiger partial charge in [-0.15, -0.1) is 0 Å². The van der Waals surface area contributed by atoms with Crippen LogP contribution < -0.4 is 5.32 Å². The molecule has 0 saturated heterocycles. The van der Waals surface area contributed by atoms with Crippen molar-refractivity contribution in [1.82, 2.24) is 5.32 Å². The fraction of sp³-hybridized carbons (Fsp3) is 0.318. The number of nitrogens with zero attached hydrogens (tertiary/aromatic N) is 1. The number of nitriles is 1. The van der Waals surface area contributed by atoms with Crippen molar-refractivity contribution in [3.8, 4) is 6.07 Å². The summed E-state index contributed by atoms with van der Waals surface area (Å²) in [6.07, 6.45) is 0.421. The van der Waals surface area contributed by atoms with Crippen molar-refractivity contribution in [1.29, 1.82) is 5.26 Å². The first-order chi connectivity index (χ1) is 13.0. The molecule has 2 rings (SSSR count). The summed E-state index contributed by atoms with van der Waals surface area (Å²) in [5.41, 5.74) is 4.60. The molecule has 140 valence electrons. The monoisotopic (exact) mass is 380 g/mol. The number of rotatable bonds is 9. The second-order valence-corrected chi connectivity index (χ2v) is 7.50. The van der Waals surface area contributed by atoms with Crippen LogP contribution in [0, 0.1) is 25.2 Å². The number of carbonyl (C=O) groups excluding carboxylic acids is 2. The van der Waals surface area contributed by atoms with E-state index in [2.05, 4.69) is 11.4 Å². The van der Waals surface area contributed by atoms with Gasteiger partial charge in [0.1, 0.15) is 0 Å². The summed E-state index contributed by atoms with van der Waals surface area (Å²) in [6, 6.07) is 15.4. The van der Waals surface area contributed by atoms with E-state index in [0.717, 1.165) is 28.2 Å². The fourth-order valence-corrected chi connectivity index (χ4v) is 3.44. The van der Waals surface area contributed by atoms with Crippen LogP contribution >= 0.6 is 11.8 Å². The van der Waals surface area contributed by atoms with Gasteiger partial charge in [-0.2, -0.15) is 17.0 Å². The highest BCUT2D eigenvalue weighted by atomic mass is 32.2. The molecule has 0 unspecified atom stereocenters. The van der Waals surface area contributed by atoms with Gasteiger partial charge in [0, 0.05) is 36.5 Å². The van der Waals surface area contributed by atoms with Gasteiger partial charge in [-0.25, -0.2) is 0 Å². The summed E-state index contributed by atoms with van der Waals surface area (Å²) >= 11 is 1.67. The first-order valence-electron chi connectivity index (χ1n) is 8.94. The number of amides is 1. The lowest BCUT2D eigenvalue weighted by atomic mass is 10.0. The quantitative estimate of drug-likeness (QED) is 0.523. The van der Waals surface area contributed by atoms with Gasteiger partial charge in [0.2, 0.25) is 5.91 Å². The molecule has 0 fully saturated rings. The smallest absolute Gasteiger partial charge is 0.220 e. The van der Waals surface area contributed by atoms with Crippen molar-refractivity contribution in [2.24, 2.45) is 0 Å². The second kappa shape index (κ2) is 10.5. The predicted molar refractivity (Wildman–Crippen MR) is 110 cm³/mol. The van der Waals surface area contributed by atoms with Crippen LogP contribution in [0.5, 0.6) is 0 Å². The lowest BCUT2D eigenvalue weighted by molar-refractivity contribution is -0.120. The van der Waals surface area contributed by atoms with Crippen LogP contribution in [0.4, 0.5) is 0 Å². The van der Waals surface area contributed by atoms with Crippen LogP contribution in [-0.4, -0.2) is 24.0 Å². The SMILES string of the molecule is Cc1ccc(C(=O)CCC(=O)NCCSCc2ccccc2C#N)cc1C. The third-order valence-electron chi connectivity index (χ3n) is 4.37. The zero-order valence-electron chi connectivity index (χ0n) is 15.7. The molecule has 0 aliphatic heterocycles. The molecule has 0 atom stereocenters. The van der Waals surface area contributed by atoms with E-state index >= 15 is 0 Å². The summed E-state index contributed by atoms with van der Waals surface area (Å²) < 4.78 is 0. The van der Waals surface area contributed by atoms with Gasteiger partial charge in [0.25, 0.3) is 0 Å². The van der Waals surface area contributed by atoms with Crippen molar-refractivity contribution in [2.45, 2.75) is 32.4 Å². The Morgan fingerprint density at radius 3 is 2.59 bits per heavy atom. The molecule has 0 spiro atoms. The molecule has 0 aromatic heterocycles. The highest BCUT2D eigenvalue weighted by Crippen LogP contribution is 2.15. The van der Waals surface area contributed by atoms with Crippen LogP contribution in [0.2, 0.25) is 0 Å². The third-order valence-corrected chi connectivity index (χ3v) is 5.38. The van der Waals surface area contributed by atoms with Crippen LogP contribution in [0.15, 0.2) is 42.5 Å². The van der Waals surface area contributed by atoms with Crippen LogP contribution in [-0.2, 0) is 10.5 Å². The number of aryl methyl sites for hydroxylation is 2. The summed E-state index contributed by atoms with van der Waals surface area (Å²) in [6.45, 7) is 4.54. The fourth-order valence-electron chi connectivity index (χ4n) is 2.57. The summed E-state index contributed by atoms with van der Waals surface area (Å²) in [7, 11) is 0. The lowest BCUT2D eigenvalue weighted by Crippen LogP contribution is -2.26. The van der Waals surface area contributed by atoms with Gasteiger partial charge in [-0.1, -0.05) is 30.3 Å². The Morgan fingerprint density at radius 2 is 1.85 bits per heavy atom. The topological polar surface area (TPSA) is 70.0 Å². The molecular weight excluding hydrogens is 356 g/mol. The Kier molecular flexibility index (Phi) is 8.09. The normalized spacial score (nSPS) is 10.3. The van der Waals surface area contributed by atoms with E-state index in [1.807, 2.05) is 56.3 Å². The molecule has 0 aliphatic carbocycles. The molecule has 2 aromatic carbocycles. The first kappa shape index (κ1) is 20.7. The van der Waals surface area contributed by atoms with Gasteiger partial charge in [0.15, 0.2) is 5.78 Å². The van der Waals surface area contributed by atoms with Crippen molar-refractivity contribution < 1.29 is 9.59 Å². The highest BCUT2D eigenvalue weighted by Gasteiger charge is 2.10. The van der Waals surface area contributed by atoms with E-state index in [1.165, 1.54) is 0 Å².